The molecule has 9 heteroatoms. The standard InChI is InChI=1S/C16H24N2O6Si/c1-25(2,3)7-6-24-8-10-9-4-5-17(16(22)23)13-11(9)18(14(13)19)12(10)15(20)21/h9,11,13H,4-8H2,1-3H3,(H,20,21)(H,22,23)/t9?,11-,13+/m1/s1. The SMILES string of the molecule is C[Si](C)(C)CCOCC1=C(C(=O)O)N2C(=O)[C@@H]3[C@H]2C1CCN3C(=O)O. The Morgan fingerprint density at radius 2 is 1.96 bits per heavy atom. The molecule has 2 saturated heterocycles. The number of piperidine rings is 1. The number of carbonyl (C=O) groups excluding carboxylic acids is 1. The zero-order chi connectivity index (χ0) is 18.5. The zero-order valence-corrected chi connectivity index (χ0v) is 15.7. The first kappa shape index (κ1) is 17.9. The van der Waals surface area contributed by atoms with E-state index in [1.54, 1.807) is 0 Å². The summed E-state index contributed by atoms with van der Waals surface area (Å²) in [5.41, 5.74) is 0.630. The predicted molar refractivity (Wildman–Crippen MR) is 90.9 cm³/mol. The van der Waals surface area contributed by atoms with Crippen LogP contribution in [0.3, 0.4) is 0 Å². The lowest BCUT2D eigenvalue weighted by Crippen LogP contribution is -2.73. The highest BCUT2D eigenvalue weighted by Gasteiger charge is 2.64. The summed E-state index contributed by atoms with van der Waals surface area (Å²) in [5, 5.41) is 18.8. The van der Waals surface area contributed by atoms with Crippen LogP contribution in [0.1, 0.15) is 6.42 Å². The van der Waals surface area contributed by atoms with E-state index < -0.39 is 32.1 Å². The minimum absolute atomic E-state index is 0.00325. The number of hydrogen-bond donors (Lipinski definition) is 2. The minimum atomic E-state index is -1.24. The van der Waals surface area contributed by atoms with E-state index in [1.807, 2.05) is 0 Å². The van der Waals surface area contributed by atoms with Gasteiger partial charge in [-0.05, 0) is 18.0 Å². The van der Waals surface area contributed by atoms with E-state index in [4.69, 9.17) is 4.74 Å². The van der Waals surface area contributed by atoms with E-state index in [0.29, 0.717) is 18.6 Å². The van der Waals surface area contributed by atoms with Crippen molar-refractivity contribution >= 4 is 26.0 Å². The number of aliphatic carboxylic acids is 1. The fourth-order valence-corrected chi connectivity index (χ4v) is 4.72. The van der Waals surface area contributed by atoms with Crippen LogP contribution in [0.25, 0.3) is 0 Å². The van der Waals surface area contributed by atoms with Gasteiger partial charge >= 0.3 is 12.1 Å². The molecule has 3 atom stereocenters. The highest BCUT2D eigenvalue weighted by molar-refractivity contribution is 6.76. The normalized spacial score (nSPS) is 28.1. The molecule has 3 aliphatic heterocycles. The lowest BCUT2D eigenvalue weighted by molar-refractivity contribution is -0.161. The van der Waals surface area contributed by atoms with Gasteiger partial charge in [-0.2, -0.15) is 0 Å². The maximum Gasteiger partial charge on any atom is 0.408 e. The lowest BCUT2D eigenvalue weighted by atomic mass is 9.78. The molecule has 1 unspecified atom stereocenters. The summed E-state index contributed by atoms with van der Waals surface area (Å²) < 4.78 is 5.75. The molecule has 0 aromatic heterocycles. The van der Waals surface area contributed by atoms with Crippen LogP contribution in [-0.2, 0) is 14.3 Å². The van der Waals surface area contributed by atoms with Crippen molar-refractivity contribution in [1.82, 2.24) is 9.80 Å². The Hall–Kier alpha value is -1.87. The second kappa shape index (κ2) is 6.13. The van der Waals surface area contributed by atoms with E-state index >= 15 is 0 Å². The maximum atomic E-state index is 12.4. The Labute approximate surface area is 147 Å². The Morgan fingerprint density at radius 3 is 2.52 bits per heavy atom. The molecular formula is C16H24N2O6Si. The molecule has 138 valence electrons. The Balaban J connectivity index is 1.77. The molecule has 0 radical (unpaired) electrons. The number of carbonyl (C=O) groups is 3. The smallest absolute Gasteiger partial charge is 0.408 e. The quantitative estimate of drug-likeness (QED) is 0.415. The van der Waals surface area contributed by atoms with E-state index in [9.17, 15) is 24.6 Å². The van der Waals surface area contributed by atoms with Gasteiger partial charge in [-0.3, -0.25) is 14.6 Å². The van der Waals surface area contributed by atoms with Crippen LogP contribution in [0.5, 0.6) is 0 Å². The predicted octanol–water partition coefficient (Wildman–Crippen LogP) is 1.27. The zero-order valence-electron chi connectivity index (χ0n) is 14.7. The summed E-state index contributed by atoms with van der Waals surface area (Å²) in [7, 11) is -1.24. The highest BCUT2D eigenvalue weighted by atomic mass is 28.3. The molecule has 0 spiro atoms. The number of ether oxygens (including phenoxy) is 1. The number of β-lactam (4-membered cyclic amide) rings is 1. The third-order valence-electron chi connectivity index (χ3n) is 5.24. The van der Waals surface area contributed by atoms with Crippen molar-refractivity contribution in [2.45, 2.75) is 44.2 Å². The Bertz CT molecular complexity index is 656. The first-order chi connectivity index (χ1) is 11.6. The summed E-state index contributed by atoms with van der Waals surface area (Å²) in [6.07, 6.45) is -0.617. The van der Waals surface area contributed by atoms with Crippen molar-refractivity contribution < 1.29 is 29.3 Å². The molecule has 0 saturated carbocycles. The van der Waals surface area contributed by atoms with Gasteiger partial charge in [0.25, 0.3) is 5.91 Å². The van der Waals surface area contributed by atoms with Gasteiger partial charge < -0.3 is 14.9 Å². The van der Waals surface area contributed by atoms with Crippen molar-refractivity contribution in [3.05, 3.63) is 11.3 Å². The van der Waals surface area contributed by atoms with Crippen LogP contribution in [-0.4, -0.2) is 77.9 Å². The maximum absolute atomic E-state index is 12.4. The molecule has 0 bridgehead atoms. The molecule has 2 amide bonds. The van der Waals surface area contributed by atoms with E-state index in [0.717, 1.165) is 10.9 Å². The average Bonchev–Trinajstić information content (AvgIpc) is 2.82. The van der Waals surface area contributed by atoms with Crippen LogP contribution in [0.2, 0.25) is 25.7 Å². The molecule has 0 aromatic rings. The molecule has 3 heterocycles. The number of carboxylic acid groups (broad SMARTS) is 2. The third kappa shape index (κ3) is 2.95. The van der Waals surface area contributed by atoms with Gasteiger partial charge in [0.2, 0.25) is 0 Å². The number of amides is 2. The largest absolute Gasteiger partial charge is 0.477 e. The van der Waals surface area contributed by atoms with Gasteiger partial charge in [0.1, 0.15) is 11.7 Å². The van der Waals surface area contributed by atoms with Gasteiger partial charge in [0, 0.05) is 27.1 Å². The molecule has 25 heavy (non-hydrogen) atoms. The number of carboxylic acids is 1. The van der Waals surface area contributed by atoms with Crippen molar-refractivity contribution in [3.63, 3.8) is 0 Å². The van der Waals surface area contributed by atoms with Gasteiger partial charge in [0.05, 0.1) is 12.6 Å². The fraction of sp³-hybridized carbons (Fsp3) is 0.688. The topological polar surface area (TPSA) is 107 Å². The van der Waals surface area contributed by atoms with Crippen molar-refractivity contribution in [2.24, 2.45) is 5.92 Å². The molecule has 2 N–H and O–H groups in total. The summed E-state index contributed by atoms with van der Waals surface area (Å²) in [5.74, 6) is -1.71. The summed E-state index contributed by atoms with van der Waals surface area (Å²) >= 11 is 0. The van der Waals surface area contributed by atoms with Crippen LogP contribution in [0.15, 0.2) is 11.3 Å². The van der Waals surface area contributed by atoms with Gasteiger partial charge in [-0.15, -0.1) is 0 Å². The number of rotatable bonds is 6. The second-order valence-electron chi connectivity index (χ2n) is 8.06. The highest BCUT2D eigenvalue weighted by Crippen LogP contribution is 2.48. The third-order valence-corrected chi connectivity index (χ3v) is 6.94. The molecular weight excluding hydrogens is 344 g/mol. The number of nitrogens with zero attached hydrogens (tertiary/aromatic N) is 2. The molecule has 8 nitrogen and oxygen atoms in total. The number of hydrogen-bond acceptors (Lipinski definition) is 4. The van der Waals surface area contributed by atoms with Gasteiger partial charge in [-0.25, -0.2) is 9.59 Å². The monoisotopic (exact) mass is 368 g/mol. The van der Waals surface area contributed by atoms with Crippen molar-refractivity contribution in [3.8, 4) is 0 Å². The van der Waals surface area contributed by atoms with Crippen molar-refractivity contribution in [1.29, 1.82) is 0 Å². The second-order valence-corrected chi connectivity index (χ2v) is 13.7. The van der Waals surface area contributed by atoms with Gasteiger partial charge in [-0.1, -0.05) is 19.6 Å². The average molecular weight is 368 g/mol. The molecule has 0 aromatic carbocycles. The minimum Gasteiger partial charge on any atom is -0.477 e. The lowest BCUT2D eigenvalue weighted by Gasteiger charge is -2.52. The molecule has 0 aliphatic carbocycles. The summed E-state index contributed by atoms with van der Waals surface area (Å²) in [6, 6.07) is -0.168. The van der Waals surface area contributed by atoms with E-state index in [-0.39, 0.29) is 30.8 Å². The fourth-order valence-electron chi connectivity index (χ4n) is 3.96. The molecule has 2 fully saturated rings. The van der Waals surface area contributed by atoms with Gasteiger partial charge in [0.15, 0.2) is 0 Å². The van der Waals surface area contributed by atoms with E-state index in [1.165, 1.54) is 4.90 Å². The Kier molecular flexibility index (Phi) is 4.40. The first-order valence-electron chi connectivity index (χ1n) is 8.50. The first-order valence-corrected chi connectivity index (χ1v) is 12.2. The number of likely N-dealkylation sites (tertiary alicyclic amines) is 1. The van der Waals surface area contributed by atoms with Crippen LogP contribution in [0.4, 0.5) is 4.79 Å². The summed E-state index contributed by atoms with van der Waals surface area (Å²) in [6.45, 7) is 7.73. The summed E-state index contributed by atoms with van der Waals surface area (Å²) in [4.78, 5) is 37.8. The van der Waals surface area contributed by atoms with Crippen molar-refractivity contribution in [2.75, 3.05) is 19.8 Å². The molecule has 3 rings (SSSR count). The van der Waals surface area contributed by atoms with E-state index in [2.05, 4.69) is 19.6 Å². The van der Waals surface area contributed by atoms with Crippen LogP contribution >= 0.6 is 0 Å². The van der Waals surface area contributed by atoms with Crippen LogP contribution < -0.4 is 0 Å². The Morgan fingerprint density at radius 1 is 1.28 bits per heavy atom. The molecule has 3 aliphatic rings. The van der Waals surface area contributed by atoms with Crippen LogP contribution in [0, 0.1) is 5.92 Å².